The zero-order valence-corrected chi connectivity index (χ0v) is 13.4. The number of allylic oxidation sites excluding steroid dienone is 2. The van der Waals surface area contributed by atoms with E-state index in [0.717, 1.165) is 11.5 Å². The molecule has 1 N–H and O–H groups in total. The number of hydrogen-bond donors (Lipinski definition) is 1. The highest BCUT2D eigenvalue weighted by atomic mass is 32.2. The predicted octanol–water partition coefficient (Wildman–Crippen LogP) is 2.57. The Hall–Kier alpha value is -1.69. The number of methoxy groups -OCH3 is 1. The summed E-state index contributed by atoms with van der Waals surface area (Å²) in [4.78, 5) is 0. The van der Waals surface area contributed by atoms with Gasteiger partial charge in [-0.3, -0.25) is 0 Å². The molecular weight excluding hydrogens is 274 g/mol. The molecule has 6 heteroatoms. The highest BCUT2D eigenvalue weighted by Gasteiger charge is 2.18. The smallest absolute Gasteiger partial charge is 0.271 e. The van der Waals surface area contributed by atoms with Gasteiger partial charge in [-0.1, -0.05) is 52.2 Å². The molecule has 1 aliphatic rings. The Balaban J connectivity index is 0.000000796. The van der Waals surface area contributed by atoms with Crippen LogP contribution < -0.4 is 5.32 Å². The summed E-state index contributed by atoms with van der Waals surface area (Å²) in [5.41, 5.74) is 0.936. The summed E-state index contributed by atoms with van der Waals surface area (Å²) in [6.45, 7) is 14.2. The topological polar surface area (TPSA) is 63.0 Å². The molecule has 0 saturated carbocycles. The van der Waals surface area contributed by atoms with Crippen molar-refractivity contribution < 1.29 is 8.95 Å². The summed E-state index contributed by atoms with van der Waals surface area (Å²) in [5.74, 6) is 1.47. The summed E-state index contributed by atoms with van der Waals surface area (Å²) in [5, 5.41) is 2.96. The van der Waals surface area contributed by atoms with Crippen LogP contribution >= 0.6 is 0 Å². The normalized spacial score (nSPS) is 17.6. The van der Waals surface area contributed by atoms with E-state index in [1.807, 2.05) is 6.08 Å². The number of hydrogen-bond acceptors (Lipinski definition) is 3. The number of ether oxygens (including phenoxy) is 1. The second-order valence-corrected chi connectivity index (χ2v) is 5.36. The second-order valence-electron chi connectivity index (χ2n) is 4.54. The minimum absolute atomic E-state index is 0.250. The van der Waals surface area contributed by atoms with Gasteiger partial charge in [0, 0.05) is 6.54 Å². The standard InChI is InChI=1S/C10H13N3O2S.C4H10/c1-4-6-8(5-2)7-11-9-10(15-3)13-16(14)12-9;1-4(2)3/h4-6H,1-2,7H2,3H3,(H,11,12);4H,1-3H3/b8-6+;. The zero-order valence-electron chi connectivity index (χ0n) is 12.5. The van der Waals surface area contributed by atoms with Crippen LogP contribution in [0.4, 0.5) is 0 Å². The lowest BCUT2D eigenvalue weighted by atomic mass is 10.2. The third-order valence-corrected chi connectivity index (χ3v) is 2.44. The molecule has 0 bridgehead atoms. The van der Waals surface area contributed by atoms with Gasteiger partial charge in [-0.15, -0.1) is 8.80 Å². The Bertz CT molecular complexity index is 449. The average molecular weight is 297 g/mol. The quantitative estimate of drug-likeness (QED) is 0.811. The number of amidine groups is 1. The SMILES string of the molecule is C=C/C=C(\C=C)CNC1=NS(=O)N=C1OC.CC(C)C. The summed E-state index contributed by atoms with van der Waals surface area (Å²) in [6.07, 6.45) is 5.18. The van der Waals surface area contributed by atoms with Crippen LogP contribution in [0.5, 0.6) is 0 Å². The lowest BCUT2D eigenvalue weighted by Crippen LogP contribution is -2.31. The van der Waals surface area contributed by atoms with Gasteiger partial charge >= 0.3 is 0 Å². The molecule has 0 radical (unpaired) electrons. The molecule has 112 valence electrons. The van der Waals surface area contributed by atoms with Crippen molar-refractivity contribution in [2.45, 2.75) is 20.8 Å². The van der Waals surface area contributed by atoms with E-state index in [1.165, 1.54) is 7.11 Å². The van der Waals surface area contributed by atoms with Crippen LogP contribution in [0.3, 0.4) is 0 Å². The molecule has 0 aliphatic carbocycles. The molecule has 0 spiro atoms. The first-order chi connectivity index (χ1) is 9.44. The molecular formula is C14H23N3O2S. The Labute approximate surface area is 124 Å². The van der Waals surface area contributed by atoms with E-state index in [1.54, 1.807) is 12.2 Å². The third-order valence-electron chi connectivity index (χ3n) is 1.78. The lowest BCUT2D eigenvalue weighted by molar-refractivity contribution is 0.411. The molecule has 0 aromatic rings. The highest BCUT2D eigenvalue weighted by molar-refractivity contribution is 7.83. The Morgan fingerprint density at radius 3 is 2.45 bits per heavy atom. The van der Waals surface area contributed by atoms with Crippen LogP contribution in [0, 0.1) is 5.92 Å². The van der Waals surface area contributed by atoms with Crippen LogP contribution in [0.25, 0.3) is 0 Å². The van der Waals surface area contributed by atoms with Gasteiger partial charge in [0.15, 0.2) is 0 Å². The Kier molecular flexibility index (Phi) is 9.28. The Morgan fingerprint density at radius 1 is 1.40 bits per heavy atom. The van der Waals surface area contributed by atoms with Gasteiger partial charge in [0.2, 0.25) is 5.84 Å². The van der Waals surface area contributed by atoms with Gasteiger partial charge in [-0.05, 0) is 11.5 Å². The van der Waals surface area contributed by atoms with Gasteiger partial charge < -0.3 is 10.1 Å². The van der Waals surface area contributed by atoms with Crippen molar-refractivity contribution in [3.05, 3.63) is 37.0 Å². The number of nitrogens with one attached hydrogen (secondary N) is 1. The molecule has 1 atom stereocenters. The molecule has 1 rings (SSSR count). The highest BCUT2D eigenvalue weighted by Crippen LogP contribution is 2.02. The fourth-order valence-electron chi connectivity index (χ4n) is 1.03. The first-order valence-electron chi connectivity index (χ1n) is 6.26. The van der Waals surface area contributed by atoms with Crippen molar-refractivity contribution in [1.29, 1.82) is 0 Å². The monoisotopic (exact) mass is 297 g/mol. The average Bonchev–Trinajstić information content (AvgIpc) is 2.74. The Morgan fingerprint density at radius 2 is 2.00 bits per heavy atom. The minimum atomic E-state index is -1.58. The van der Waals surface area contributed by atoms with Crippen LogP contribution in [-0.2, 0) is 15.9 Å². The number of nitrogens with zero attached hydrogens (tertiary/aromatic N) is 2. The molecule has 0 aromatic carbocycles. The van der Waals surface area contributed by atoms with Crippen LogP contribution in [0.1, 0.15) is 20.8 Å². The van der Waals surface area contributed by atoms with Gasteiger partial charge in [0.05, 0.1) is 7.11 Å². The van der Waals surface area contributed by atoms with Crippen LogP contribution in [-0.4, -0.2) is 29.6 Å². The van der Waals surface area contributed by atoms with E-state index in [0.29, 0.717) is 12.4 Å². The van der Waals surface area contributed by atoms with Gasteiger partial charge in [0.1, 0.15) is 0 Å². The van der Waals surface area contributed by atoms with Crippen molar-refractivity contribution in [3.63, 3.8) is 0 Å². The lowest BCUT2D eigenvalue weighted by Gasteiger charge is -2.06. The third kappa shape index (κ3) is 7.68. The van der Waals surface area contributed by atoms with Crippen molar-refractivity contribution in [3.8, 4) is 0 Å². The van der Waals surface area contributed by atoms with Crippen LogP contribution in [0.15, 0.2) is 45.8 Å². The zero-order chi connectivity index (χ0) is 15.5. The molecule has 1 unspecified atom stereocenters. The largest absolute Gasteiger partial charge is 0.478 e. The van der Waals surface area contributed by atoms with E-state index >= 15 is 0 Å². The molecule has 5 nitrogen and oxygen atoms in total. The maximum atomic E-state index is 11.0. The first-order valence-corrected chi connectivity index (χ1v) is 7.32. The first kappa shape index (κ1) is 18.3. The molecule has 0 fully saturated rings. The fourth-order valence-corrected chi connectivity index (χ4v) is 1.67. The molecule has 0 aromatic heterocycles. The molecule has 0 amide bonds. The summed E-state index contributed by atoms with van der Waals surface area (Å²) < 4.78 is 23.4. The summed E-state index contributed by atoms with van der Waals surface area (Å²) >= 11 is -1.58. The van der Waals surface area contributed by atoms with Gasteiger partial charge in [-0.25, -0.2) is 4.21 Å². The maximum absolute atomic E-state index is 11.0. The summed E-state index contributed by atoms with van der Waals surface area (Å²) in [6, 6.07) is 0. The van der Waals surface area contributed by atoms with E-state index in [9.17, 15) is 4.21 Å². The second kappa shape index (κ2) is 10.1. The van der Waals surface area contributed by atoms with E-state index in [2.05, 4.69) is 48.0 Å². The van der Waals surface area contributed by atoms with E-state index < -0.39 is 11.2 Å². The van der Waals surface area contributed by atoms with Crippen molar-refractivity contribution in [1.82, 2.24) is 5.32 Å². The molecule has 1 aliphatic heterocycles. The van der Waals surface area contributed by atoms with Crippen molar-refractivity contribution in [2.24, 2.45) is 14.7 Å². The van der Waals surface area contributed by atoms with Gasteiger partial charge in [-0.2, -0.15) is 0 Å². The molecule has 20 heavy (non-hydrogen) atoms. The van der Waals surface area contributed by atoms with Crippen molar-refractivity contribution in [2.75, 3.05) is 13.7 Å². The van der Waals surface area contributed by atoms with E-state index in [4.69, 9.17) is 4.74 Å². The van der Waals surface area contributed by atoms with Gasteiger partial charge in [0.25, 0.3) is 17.1 Å². The molecule has 1 heterocycles. The van der Waals surface area contributed by atoms with Crippen LogP contribution in [0.2, 0.25) is 0 Å². The minimum Gasteiger partial charge on any atom is -0.478 e. The maximum Gasteiger partial charge on any atom is 0.271 e. The summed E-state index contributed by atoms with van der Waals surface area (Å²) in [7, 11) is 1.45. The van der Waals surface area contributed by atoms with Crippen molar-refractivity contribution >= 4 is 22.9 Å². The fraction of sp³-hybridized carbons (Fsp3) is 0.429. The molecule has 0 saturated heterocycles. The number of rotatable bonds is 4. The predicted molar refractivity (Wildman–Crippen MR) is 87.0 cm³/mol. The van der Waals surface area contributed by atoms with E-state index in [-0.39, 0.29) is 5.90 Å².